The van der Waals surface area contributed by atoms with E-state index in [4.69, 9.17) is 4.74 Å². The summed E-state index contributed by atoms with van der Waals surface area (Å²) in [5, 5.41) is 0.0251. The Balaban J connectivity index is 0.000000469. The smallest absolute Gasteiger partial charge is 0.197 e. The molecule has 0 radical (unpaired) electrons. The molecule has 0 spiro atoms. The summed E-state index contributed by atoms with van der Waals surface area (Å²) in [5.41, 5.74) is 0.819. The molecule has 0 amide bonds. The van der Waals surface area contributed by atoms with Gasteiger partial charge in [0.15, 0.2) is 10.9 Å². The Morgan fingerprint density at radius 3 is 2.13 bits per heavy atom. The highest BCUT2D eigenvalue weighted by Gasteiger charge is 2.28. The molecule has 0 aromatic heterocycles. The van der Waals surface area contributed by atoms with Gasteiger partial charge < -0.3 is 9.64 Å². The van der Waals surface area contributed by atoms with Crippen LogP contribution in [0.1, 0.15) is 32.3 Å². The molecule has 1 fully saturated rings. The van der Waals surface area contributed by atoms with Crippen LogP contribution in [-0.2, 0) is 9.59 Å². The van der Waals surface area contributed by atoms with Crippen molar-refractivity contribution in [2.24, 2.45) is 5.92 Å². The number of ether oxygens (including phenoxy) is 1. The molecule has 6 heteroatoms. The first-order valence-corrected chi connectivity index (χ1v) is 10.7. The van der Waals surface area contributed by atoms with Crippen LogP contribution in [0.4, 0.5) is 4.39 Å². The van der Waals surface area contributed by atoms with Gasteiger partial charge >= 0.3 is 0 Å². The van der Waals surface area contributed by atoms with Gasteiger partial charge in [-0.1, -0.05) is 26.0 Å². The van der Waals surface area contributed by atoms with E-state index in [0.717, 1.165) is 17.3 Å². The number of nitrogens with zero attached hydrogens (tertiary/aromatic N) is 1. The largest absolute Gasteiger partial charge is 0.457 e. The fraction of sp³-hybridized carbons (Fsp3) is 0.333. The summed E-state index contributed by atoms with van der Waals surface area (Å²) in [4.78, 5) is 26.4. The van der Waals surface area contributed by atoms with E-state index >= 15 is 0 Å². The lowest BCUT2D eigenvalue weighted by Crippen LogP contribution is -2.20. The molecule has 3 rings (SSSR count). The van der Waals surface area contributed by atoms with Crippen molar-refractivity contribution in [2.75, 3.05) is 20.6 Å². The number of thioether (sulfide) groups is 1. The molecule has 1 heterocycles. The highest BCUT2D eigenvalue weighted by atomic mass is 32.2. The molecular weight excluding hydrogens is 401 g/mol. The Hall–Kier alpha value is -2.44. The van der Waals surface area contributed by atoms with Crippen LogP contribution in [0.2, 0.25) is 0 Å². The summed E-state index contributed by atoms with van der Waals surface area (Å²) in [6, 6.07) is 12.9. The van der Waals surface area contributed by atoms with Crippen LogP contribution in [0.3, 0.4) is 0 Å². The lowest BCUT2D eigenvalue weighted by molar-refractivity contribution is -0.121. The summed E-state index contributed by atoms with van der Waals surface area (Å²) >= 11 is 1.01. The van der Waals surface area contributed by atoms with E-state index in [1.807, 2.05) is 12.1 Å². The average molecular weight is 430 g/mol. The minimum atomic E-state index is -0.317. The van der Waals surface area contributed by atoms with Gasteiger partial charge in [-0.2, -0.15) is 0 Å². The van der Waals surface area contributed by atoms with Gasteiger partial charge in [0.2, 0.25) is 0 Å². The maximum atomic E-state index is 12.9. The Kier molecular flexibility index (Phi) is 9.27. The molecule has 4 nitrogen and oxygen atoms in total. The number of benzene rings is 2. The van der Waals surface area contributed by atoms with E-state index in [-0.39, 0.29) is 29.1 Å². The molecular formula is C24H28FNO3S. The number of halogens is 1. The van der Waals surface area contributed by atoms with Crippen molar-refractivity contribution in [1.29, 1.82) is 0 Å². The highest BCUT2D eigenvalue weighted by Crippen LogP contribution is 2.33. The predicted molar refractivity (Wildman–Crippen MR) is 121 cm³/mol. The van der Waals surface area contributed by atoms with Crippen LogP contribution in [0.25, 0.3) is 6.08 Å². The van der Waals surface area contributed by atoms with Gasteiger partial charge in [0, 0.05) is 12.3 Å². The van der Waals surface area contributed by atoms with Crippen molar-refractivity contribution in [3.05, 3.63) is 64.8 Å². The summed E-state index contributed by atoms with van der Waals surface area (Å²) in [6.45, 7) is 5.16. The molecule has 0 N–H and O–H groups in total. The fourth-order valence-electron chi connectivity index (χ4n) is 2.71. The third kappa shape index (κ3) is 7.76. The minimum Gasteiger partial charge on any atom is -0.457 e. The fourth-order valence-corrected chi connectivity index (χ4v) is 3.60. The molecule has 1 unspecified atom stereocenters. The zero-order chi connectivity index (χ0) is 22.1. The maximum absolute atomic E-state index is 12.9. The molecule has 0 saturated carbocycles. The monoisotopic (exact) mass is 429 g/mol. The van der Waals surface area contributed by atoms with Crippen molar-refractivity contribution < 1.29 is 18.7 Å². The van der Waals surface area contributed by atoms with Crippen molar-refractivity contribution in [3.63, 3.8) is 0 Å². The Bertz CT molecular complexity index is 876. The molecule has 2 aromatic carbocycles. The second-order valence-electron chi connectivity index (χ2n) is 7.39. The zero-order valence-electron chi connectivity index (χ0n) is 17.9. The first-order chi connectivity index (χ1) is 14.3. The number of allylic oxidation sites excluding steroid dienone is 1. The number of rotatable bonds is 5. The first-order valence-electron chi connectivity index (χ1n) is 9.93. The Labute approximate surface area is 182 Å². The Morgan fingerprint density at radius 2 is 1.63 bits per heavy atom. The number of carbonyl (C=O) groups excluding carboxylic acids is 2. The highest BCUT2D eigenvalue weighted by molar-refractivity contribution is 8.18. The minimum absolute atomic E-state index is 0.00117. The third-order valence-electron chi connectivity index (χ3n) is 4.28. The van der Waals surface area contributed by atoms with Gasteiger partial charge in [0.05, 0.1) is 4.91 Å². The van der Waals surface area contributed by atoms with Crippen molar-refractivity contribution in [1.82, 2.24) is 4.90 Å². The second kappa shape index (κ2) is 11.7. The van der Waals surface area contributed by atoms with E-state index in [2.05, 4.69) is 25.9 Å². The number of Topliss-reactive ketones (excluding diaryl/α,β-unsaturated/α-hetero) is 1. The quantitative estimate of drug-likeness (QED) is 0.563. The summed E-state index contributed by atoms with van der Waals surface area (Å²) in [6.07, 6.45) is 3.24. The number of carbonyl (C=O) groups is 2. The molecule has 1 saturated heterocycles. The lowest BCUT2D eigenvalue weighted by atomic mass is 10.0. The summed E-state index contributed by atoms with van der Waals surface area (Å²) in [5.74, 6) is 0.615. The van der Waals surface area contributed by atoms with E-state index in [1.54, 1.807) is 37.3 Å². The van der Waals surface area contributed by atoms with Crippen LogP contribution in [-0.4, -0.2) is 36.4 Å². The van der Waals surface area contributed by atoms with Crippen molar-refractivity contribution in [2.45, 2.75) is 26.7 Å². The van der Waals surface area contributed by atoms with Gasteiger partial charge in [0.1, 0.15) is 17.3 Å². The van der Waals surface area contributed by atoms with Gasteiger partial charge in [0.25, 0.3) is 0 Å². The van der Waals surface area contributed by atoms with E-state index in [1.165, 1.54) is 25.1 Å². The normalized spacial score (nSPS) is 17.7. The standard InChI is InChI=1S/C19H15FO3S.C5H13N/c1-12-10-17(21)18(24-19(12)22)11-13-2-6-15(7-3-13)23-16-8-4-14(20)5-9-16;1-4-5-6(2)3/h2-9,11-12H,10H2,1H3;4-5H2,1-3H3/b18-11-;. The molecule has 0 bridgehead atoms. The molecule has 1 atom stereocenters. The van der Waals surface area contributed by atoms with Gasteiger partial charge in [-0.15, -0.1) is 0 Å². The number of hydrogen-bond acceptors (Lipinski definition) is 5. The topological polar surface area (TPSA) is 46.6 Å². The molecule has 2 aromatic rings. The van der Waals surface area contributed by atoms with Gasteiger partial charge in [-0.05, 0) is 86.9 Å². The maximum Gasteiger partial charge on any atom is 0.197 e. The lowest BCUT2D eigenvalue weighted by Gasteiger charge is -2.17. The zero-order valence-corrected chi connectivity index (χ0v) is 18.7. The molecule has 30 heavy (non-hydrogen) atoms. The molecule has 160 valence electrons. The molecule has 1 aliphatic rings. The third-order valence-corrected chi connectivity index (χ3v) is 5.45. The van der Waals surface area contributed by atoms with Crippen LogP contribution in [0.5, 0.6) is 11.5 Å². The van der Waals surface area contributed by atoms with Crippen LogP contribution >= 0.6 is 11.8 Å². The molecule has 0 aliphatic carbocycles. The van der Waals surface area contributed by atoms with Crippen LogP contribution in [0, 0.1) is 11.7 Å². The van der Waals surface area contributed by atoms with E-state index in [9.17, 15) is 14.0 Å². The number of hydrogen-bond donors (Lipinski definition) is 0. The first kappa shape index (κ1) is 23.8. The van der Waals surface area contributed by atoms with Gasteiger partial charge in [-0.3, -0.25) is 9.59 Å². The Morgan fingerprint density at radius 1 is 1.07 bits per heavy atom. The average Bonchev–Trinajstić information content (AvgIpc) is 2.70. The van der Waals surface area contributed by atoms with Crippen LogP contribution in [0.15, 0.2) is 53.4 Å². The van der Waals surface area contributed by atoms with Crippen molar-refractivity contribution >= 4 is 28.7 Å². The second-order valence-corrected chi connectivity index (χ2v) is 8.43. The predicted octanol–water partition coefficient (Wildman–Crippen LogP) is 5.79. The SMILES string of the molecule is CC1CC(=O)/C(=C/c2ccc(Oc3ccc(F)cc3)cc2)SC1=O.CCCN(C)C. The van der Waals surface area contributed by atoms with Crippen LogP contribution < -0.4 is 4.74 Å². The van der Waals surface area contributed by atoms with E-state index < -0.39 is 0 Å². The summed E-state index contributed by atoms with van der Waals surface area (Å²) in [7, 11) is 4.17. The number of ketones is 1. The molecule has 1 aliphatic heterocycles. The van der Waals surface area contributed by atoms with Crippen molar-refractivity contribution in [3.8, 4) is 11.5 Å². The van der Waals surface area contributed by atoms with Gasteiger partial charge in [-0.25, -0.2) is 4.39 Å². The summed E-state index contributed by atoms with van der Waals surface area (Å²) < 4.78 is 18.5. The van der Waals surface area contributed by atoms with E-state index in [0.29, 0.717) is 16.4 Å².